The maximum atomic E-state index is 12.1. The largest absolute Gasteiger partial charge is 0.344 e. The lowest BCUT2D eigenvalue weighted by Gasteiger charge is -2.05. The highest BCUT2D eigenvalue weighted by molar-refractivity contribution is 6.01. The van der Waals surface area contributed by atoms with Crippen LogP contribution in [-0.4, -0.2) is 39.5 Å². The Morgan fingerprint density at radius 1 is 1.38 bits per heavy atom. The van der Waals surface area contributed by atoms with Gasteiger partial charge in [-0.1, -0.05) is 5.92 Å². The fourth-order valence-corrected chi connectivity index (χ4v) is 1.90. The molecule has 0 aliphatic carbocycles. The predicted molar refractivity (Wildman–Crippen MR) is 76.6 cm³/mol. The quantitative estimate of drug-likeness (QED) is 0.763. The number of aromatic nitrogens is 3. The van der Waals surface area contributed by atoms with Gasteiger partial charge < -0.3 is 10.6 Å². The standard InChI is InChI=1S/C14H15N5O2/c1-4-5-15-12(20)8-16-14(21)11-7-17-19-10(3)6-9(2)18-13(11)19/h1,6-7H,5,8H2,2-3H3,(H,15,20)(H,16,21). The molecule has 2 aromatic rings. The number of nitrogens with zero attached hydrogens (tertiary/aromatic N) is 3. The van der Waals surface area contributed by atoms with Gasteiger partial charge in [-0.25, -0.2) is 9.50 Å². The van der Waals surface area contributed by atoms with Crippen molar-refractivity contribution in [3.8, 4) is 12.3 Å². The highest BCUT2D eigenvalue weighted by atomic mass is 16.2. The van der Waals surface area contributed by atoms with Crippen molar-refractivity contribution in [2.45, 2.75) is 13.8 Å². The van der Waals surface area contributed by atoms with Crippen molar-refractivity contribution in [3.63, 3.8) is 0 Å². The highest BCUT2D eigenvalue weighted by Crippen LogP contribution is 2.11. The number of terminal acetylenes is 1. The van der Waals surface area contributed by atoms with Crippen molar-refractivity contribution >= 4 is 17.5 Å². The van der Waals surface area contributed by atoms with Gasteiger partial charge in [0.15, 0.2) is 5.65 Å². The first-order valence-electron chi connectivity index (χ1n) is 6.33. The lowest BCUT2D eigenvalue weighted by atomic mass is 10.3. The summed E-state index contributed by atoms with van der Waals surface area (Å²) < 4.78 is 1.58. The average molecular weight is 285 g/mol. The molecule has 0 aromatic carbocycles. The van der Waals surface area contributed by atoms with Crippen LogP contribution >= 0.6 is 0 Å². The van der Waals surface area contributed by atoms with Gasteiger partial charge in [0.25, 0.3) is 5.91 Å². The van der Waals surface area contributed by atoms with E-state index in [1.165, 1.54) is 6.20 Å². The molecule has 2 N–H and O–H groups in total. The molecule has 2 aromatic heterocycles. The second kappa shape index (κ2) is 6.05. The van der Waals surface area contributed by atoms with Gasteiger partial charge in [-0.3, -0.25) is 9.59 Å². The Balaban J connectivity index is 2.14. The van der Waals surface area contributed by atoms with Crippen LogP contribution in [0.1, 0.15) is 21.7 Å². The molecule has 0 radical (unpaired) electrons. The summed E-state index contributed by atoms with van der Waals surface area (Å²) in [5.74, 6) is 1.53. The SMILES string of the molecule is C#CCNC(=O)CNC(=O)c1cnn2c(C)cc(C)nc12. The van der Waals surface area contributed by atoms with E-state index in [4.69, 9.17) is 6.42 Å². The molecule has 0 saturated heterocycles. The molecule has 2 amide bonds. The van der Waals surface area contributed by atoms with E-state index in [0.717, 1.165) is 11.4 Å². The molecule has 0 unspecified atom stereocenters. The van der Waals surface area contributed by atoms with Crippen LogP contribution in [0, 0.1) is 26.2 Å². The third-order valence-corrected chi connectivity index (χ3v) is 2.82. The third kappa shape index (κ3) is 3.17. The Labute approximate surface area is 121 Å². The fourth-order valence-electron chi connectivity index (χ4n) is 1.90. The Morgan fingerprint density at radius 3 is 2.86 bits per heavy atom. The first kappa shape index (κ1) is 14.5. The van der Waals surface area contributed by atoms with E-state index in [1.54, 1.807) is 4.52 Å². The number of aryl methyl sites for hydroxylation is 2. The van der Waals surface area contributed by atoms with Crippen molar-refractivity contribution in [2.24, 2.45) is 0 Å². The number of rotatable bonds is 4. The Bertz CT molecular complexity index is 742. The van der Waals surface area contributed by atoms with Gasteiger partial charge in [0.2, 0.25) is 5.91 Å². The molecule has 0 fully saturated rings. The molecule has 7 heteroatoms. The molecule has 0 aliphatic heterocycles. The average Bonchev–Trinajstić information content (AvgIpc) is 2.86. The second-order valence-electron chi connectivity index (χ2n) is 4.50. The third-order valence-electron chi connectivity index (χ3n) is 2.82. The van der Waals surface area contributed by atoms with Crippen LogP contribution in [0.5, 0.6) is 0 Å². The summed E-state index contributed by atoms with van der Waals surface area (Å²) in [5, 5.41) is 9.10. The van der Waals surface area contributed by atoms with E-state index in [-0.39, 0.29) is 19.0 Å². The molecular formula is C14H15N5O2. The van der Waals surface area contributed by atoms with Gasteiger partial charge >= 0.3 is 0 Å². The number of hydrogen-bond acceptors (Lipinski definition) is 4. The highest BCUT2D eigenvalue weighted by Gasteiger charge is 2.15. The number of amides is 2. The fraction of sp³-hybridized carbons (Fsp3) is 0.286. The zero-order chi connectivity index (χ0) is 15.4. The number of fused-ring (bicyclic) bond motifs is 1. The molecule has 2 heterocycles. The van der Waals surface area contributed by atoms with Crippen LogP contribution in [0.2, 0.25) is 0 Å². The Kier molecular flexibility index (Phi) is 4.18. The predicted octanol–water partition coefficient (Wildman–Crippen LogP) is -0.175. The molecule has 0 bridgehead atoms. The van der Waals surface area contributed by atoms with E-state index in [9.17, 15) is 9.59 Å². The molecule has 2 rings (SSSR count). The number of carbonyl (C=O) groups is 2. The number of nitrogens with one attached hydrogen (secondary N) is 2. The Morgan fingerprint density at radius 2 is 2.14 bits per heavy atom. The second-order valence-corrected chi connectivity index (χ2v) is 4.50. The van der Waals surface area contributed by atoms with Gasteiger partial charge in [-0.15, -0.1) is 6.42 Å². The van der Waals surface area contributed by atoms with Gasteiger partial charge in [-0.2, -0.15) is 5.10 Å². The van der Waals surface area contributed by atoms with E-state index < -0.39 is 5.91 Å². The monoisotopic (exact) mass is 285 g/mol. The topological polar surface area (TPSA) is 88.4 Å². The molecule has 0 spiro atoms. The first-order chi connectivity index (χ1) is 10.0. The molecule has 21 heavy (non-hydrogen) atoms. The summed E-state index contributed by atoms with van der Waals surface area (Å²) in [7, 11) is 0. The Hall–Kier alpha value is -2.88. The summed E-state index contributed by atoms with van der Waals surface area (Å²) in [6, 6.07) is 1.87. The van der Waals surface area contributed by atoms with Crippen molar-refractivity contribution < 1.29 is 9.59 Å². The zero-order valence-corrected chi connectivity index (χ0v) is 11.8. The van der Waals surface area contributed by atoms with Gasteiger partial charge in [0.05, 0.1) is 19.3 Å². The van der Waals surface area contributed by atoms with Crippen molar-refractivity contribution in [1.29, 1.82) is 0 Å². The summed E-state index contributed by atoms with van der Waals surface area (Å²) in [5.41, 5.74) is 2.46. The van der Waals surface area contributed by atoms with Gasteiger partial charge in [-0.05, 0) is 19.9 Å². The maximum Gasteiger partial charge on any atom is 0.257 e. The molecule has 0 atom stereocenters. The summed E-state index contributed by atoms with van der Waals surface area (Å²) in [4.78, 5) is 27.8. The van der Waals surface area contributed by atoms with E-state index in [2.05, 4.69) is 26.6 Å². The van der Waals surface area contributed by atoms with Crippen LogP contribution < -0.4 is 10.6 Å². The lowest BCUT2D eigenvalue weighted by molar-refractivity contribution is -0.119. The maximum absolute atomic E-state index is 12.1. The molecule has 0 saturated carbocycles. The number of hydrogen-bond donors (Lipinski definition) is 2. The van der Waals surface area contributed by atoms with E-state index in [1.807, 2.05) is 19.9 Å². The van der Waals surface area contributed by atoms with Crippen LogP contribution in [0.3, 0.4) is 0 Å². The summed E-state index contributed by atoms with van der Waals surface area (Å²) in [6.07, 6.45) is 6.46. The van der Waals surface area contributed by atoms with E-state index >= 15 is 0 Å². The van der Waals surface area contributed by atoms with Crippen molar-refractivity contribution in [2.75, 3.05) is 13.1 Å². The van der Waals surface area contributed by atoms with Crippen LogP contribution in [0.15, 0.2) is 12.3 Å². The van der Waals surface area contributed by atoms with Crippen LogP contribution in [0.4, 0.5) is 0 Å². The first-order valence-corrected chi connectivity index (χ1v) is 6.33. The molecular weight excluding hydrogens is 270 g/mol. The van der Waals surface area contributed by atoms with Crippen LogP contribution in [-0.2, 0) is 4.79 Å². The molecule has 108 valence electrons. The van der Waals surface area contributed by atoms with Gasteiger partial charge in [0, 0.05) is 11.4 Å². The molecule has 0 aliphatic rings. The summed E-state index contributed by atoms with van der Waals surface area (Å²) in [6.45, 7) is 3.70. The van der Waals surface area contributed by atoms with Crippen molar-refractivity contribution in [3.05, 3.63) is 29.2 Å². The minimum absolute atomic E-state index is 0.130. The van der Waals surface area contributed by atoms with Crippen LogP contribution in [0.25, 0.3) is 5.65 Å². The minimum atomic E-state index is -0.404. The molecule has 7 nitrogen and oxygen atoms in total. The zero-order valence-electron chi connectivity index (χ0n) is 11.8. The van der Waals surface area contributed by atoms with Gasteiger partial charge in [0.1, 0.15) is 5.56 Å². The lowest BCUT2D eigenvalue weighted by Crippen LogP contribution is -2.37. The van der Waals surface area contributed by atoms with Crippen molar-refractivity contribution in [1.82, 2.24) is 25.2 Å². The van der Waals surface area contributed by atoms with E-state index in [0.29, 0.717) is 11.2 Å². The summed E-state index contributed by atoms with van der Waals surface area (Å²) >= 11 is 0. The number of carbonyl (C=O) groups excluding carboxylic acids is 2. The smallest absolute Gasteiger partial charge is 0.257 e. The minimum Gasteiger partial charge on any atom is -0.344 e. The normalized spacial score (nSPS) is 10.1.